The van der Waals surface area contributed by atoms with Gasteiger partial charge in [-0.05, 0) is 32.0 Å². The molecule has 0 amide bonds. The number of aromatic nitrogens is 4. The van der Waals surface area contributed by atoms with E-state index in [0.717, 1.165) is 47.3 Å². The van der Waals surface area contributed by atoms with Gasteiger partial charge in [-0.15, -0.1) is 0 Å². The highest BCUT2D eigenvalue weighted by atomic mass is 16.5. The summed E-state index contributed by atoms with van der Waals surface area (Å²) in [5, 5.41) is 14.6. The number of anilines is 3. The lowest BCUT2D eigenvalue weighted by molar-refractivity contribution is 0.411. The average molecular weight is 379 g/mol. The van der Waals surface area contributed by atoms with Crippen LogP contribution in [0.3, 0.4) is 0 Å². The second kappa shape index (κ2) is 7.47. The van der Waals surface area contributed by atoms with Gasteiger partial charge in [0.1, 0.15) is 17.3 Å². The zero-order valence-corrected chi connectivity index (χ0v) is 16.6. The Bertz CT molecular complexity index is 998. The molecule has 8 heteroatoms. The van der Waals surface area contributed by atoms with Gasteiger partial charge in [0.25, 0.3) is 0 Å². The molecule has 2 aromatic heterocycles. The third-order valence-corrected chi connectivity index (χ3v) is 4.89. The van der Waals surface area contributed by atoms with Gasteiger partial charge >= 0.3 is 0 Å². The Morgan fingerprint density at radius 2 is 2.11 bits per heavy atom. The van der Waals surface area contributed by atoms with Crippen molar-refractivity contribution in [2.75, 3.05) is 31.3 Å². The van der Waals surface area contributed by atoms with Gasteiger partial charge in [-0.25, -0.2) is 9.67 Å². The fourth-order valence-electron chi connectivity index (χ4n) is 3.45. The van der Waals surface area contributed by atoms with E-state index in [1.54, 1.807) is 7.11 Å². The van der Waals surface area contributed by atoms with Gasteiger partial charge in [0.15, 0.2) is 0 Å². The summed E-state index contributed by atoms with van der Waals surface area (Å²) in [6.45, 7) is 5.05. The van der Waals surface area contributed by atoms with E-state index in [1.165, 1.54) is 5.56 Å². The van der Waals surface area contributed by atoms with Crippen LogP contribution in [0.2, 0.25) is 0 Å². The molecule has 8 nitrogen and oxygen atoms in total. The van der Waals surface area contributed by atoms with E-state index in [4.69, 9.17) is 9.84 Å². The van der Waals surface area contributed by atoms with Crippen LogP contribution in [-0.2, 0) is 6.42 Å². The first-order valence-corrected chi connectivity index (χ1v) is 9.38. The van der Waals surface area contributed by atoms with E-state index in [9.17, 15) is 0 Å². The number of methoxy groups -OCH3 is 1. The minimum atomic E-state index is 0.297. The normalized spacial score (nSPS) is 15.8. The van der Waals surface area contributed by atoms with Crippen LogP contribution >= 0.6 is 0 Å². The van der Waals surface area contributed by atoms with Crippen LogP contribution in [0, 0.1) is 6.92 Å². The molecule has 1 aliphatic rings. The molecule has 4 rings (SSSR count). The van der Waals surface area contributed by atoms with Gasteiger partial charge in [-0.1, -0.05) is 0 Å². The second-order valence-corrected chi connectivity index (χ2v) is 6.88. The Morgan fingerprint density at radius 1 is 1.25 bits per heavy atom. The van der Waals surface area contributed by atoms with Crippen molar-refractivity contribution in [3.8, 4) is 11.4 Å². The van der Waals surface area contributed by atoms with Gasteiger partial charge in [0, 0.05) is 55.3 Å². The number of aryl methyl sites for hydroxylation is 1. The number of fused-ring (bicyclic) bond motifs is 1. The molecule has 28 heavy (non-hydrogen) atoms. The lowest BCUT2D eigenvalue weighted by Crippen LogP contribution is -2.26. The van der Waals surface area contributed by atoms with Crippen LogP contribution in [0.15, 0.2) is 30.5 Å². The van der Waals surface area contributed by atoms with Crippen molar-refractivity contribution in [3.63, 3.8) is 0 Å². The Balaban J connectivity index is 1.70. The minimum absolute atomic E-state index is 0.297. The molecular formula is C20H25N7O. The second-order valence-electron chi connectivity index (χ2n) is 6.88. The van der Waals surface area contributed by atoms with Gasteiger partial charge < -0.3 is 20.7 Å². The number of hydrogen-bond acceptors (Lipinski definition) is 7. The molecule has 1 aromatic carbocycles. The Morgan fingerprint density at radius 3 is 2.86 bits per heavy atom. The SMILES string of the molecule is CNc1cc(C)nc(Nc2ccc(OC)c(-n3cc4c(n3)CCNC4C)c2)n1. The van der Waals surface area contributed by atoms with E-state index < -0.39 is 0 Å². The molecule has 0 bridgehead atoms. The fourth-order valence-corrected chi connectivity index (χ4v) is 3.45. The summed E-state index contributed by atoms with van der Waals surface area (Å²) >= 11 is 0. The van der Waals surface area contributed by atoms with E-state index in [1.807, 2.05) is 42.9 Å². The number of nitrogens with zero attached hydrogens (tertiary/aromatic N) is 4. The molecule has 1 atom stereocenters. The van der Waals surface area contributed by atoms with Crippen LogP contribution < -0.4 is 20.7 Å². The highest BCUT2D eigenvalue weighted by Gasteiger charge is 2.21. The molecule has 1 unspecified atom stereocenters. The Hall–Kier alpha value is -3.13. The Kier molecular flexibility index (Phi) is 4.87. The van der Waals surface area contributed by atoms with Crippen molar-refractivity contribution in [2.24, 2.45) is 0 Å². The summed E-state index contributed by atoms with van der Waals surface area (Å²) in [6.07, 6.45) is 3.01. The lowest BCUT2D eigenvalue weighted by atomic mass is 10.0. The lowest BCUT2D eigenvalue weighted by Gasteiger charge is -2.18. The maximum absolute atomic E-state index is 5.57. The monoisotopic (exact) mass is 379 g/mol. The molecule has 146 valence electrons. The first-order chi connectivity index (χ1) is 13.6. The van der Waals surface area contributed by atoms with Gasteiger partial charge in [0.2, 0.25) is 5.95 Å². The highest BCUT2D eigenvalue weighted by molar-refractivity contribution is 5.63. The van der Waals surface area contributed by atoms with Crippen molar-refractivity contribution >= 4 is 17.5 Å². The maximum atomic E-state index is 5.57. The standard InChI is InChI=1S/C20H25N7O/c1-12-9-19(21-3)25-20(23-12)24-14-5-6-18(28-4)17(10-14)27-11-15-13(2)22-8-7-16(15)26-27/h5-6,9-11,13,22H,7-8H2,1-4H3,(H2,21,23,24,25). The zero-order chi connectivity index (χ0) is 19.7. The zero-order valence-electron chi connectivity index (χ0n) is 16.6. The van der Waals surface area contributed by atoms with Gasteiger partial charge in [-0.3, -0.25) is 0 Å². The third kappa shape index (κ3) is 3.50. The predicted molar refractivity (Wildman–Crippen MR) is 110 cm³/mol. The van der Waals surface area contributed by atoms with Gasteiger partial charge in [0.05, 0.1) is 12.8 Å². The fraction of sp³-hybridized carbons (Fsp3) is 0.350. The van der Waals surface area contributed by atoms with Crippen LogP contribution in [0.25, 0.3) is 5.69 Å². The molecular weight excluding hydrogens is 354 g/mol. The molecule has 0 saturated carbocycles. The van der Waals surface area contributed by atoms with Crippen molar-refractivity contribution in [2.45, 2.75) is 26.3 Å². The molecule has 0 saturated heterocycles. The molecule has 3 aromatic rings. The van der Waals surface area contributed by atoms with Crippen molar-refractivity contribution in [1.29, 1.82) is 0 Å². The number of hydrogen-bond donors (Lipinski definition) is 3. The van der Waals surface area contributed by atoms with Crippen LogP contribution in [0.4, 0.5) is 17.5 Å². The summed E-state index contributed by atoms with van der Waals surface area (Å²) in [4.78, 5) is 8.92. The van der Waals surface area contributed by atoms with E-state index >= 15 is 0 Å². The number of rotatable bonds is 5. The molecule has 0 spiro atoms. The highest BCUT2D eigenvalue weighted by Crippen LogP contribution is 2.30. The van der Waals surface area contributed by atoms with Crippen molar-refractivity contribution in [3.05, 3.63) is 47.4 Å². The topological polar surface area (TPSA) is 88.9 Å². The van der Waals surface area contributed by atoms with Crippen LogP contribution in [0.5, 0.6) is 5.75 Å². The van der Waals surface area contributed by atoms with E-state index in [0.29, 0.717) is 12.0 Å². The van der Waals surface area contributed by atoms with Crippen molar-refractivity contribution < 1.29 is 4.74 Å². The average Bonchev–Trinajstić information content (AvgIpc) is 3.13. The molecule has 1 aliphatic heterocycles. The Labute approximate surface area is 164 Å². The third-order valence-electron chi connectivity index (χ3n) is 4.89. The van der Waals surface area contributed by atoms with Crippen molar-refractivity contribution in [1.82, 2.24) is 25.1 Å². The molecule has 0 aliphatic carbocycles. The first-order valence-electron chi connectivity index (χ1n) is 9.38. The maximum Gasteiger partial charge on any atom is 0.229 e. The minimum Gasteiger partial charge on any atom is -0.494 e. The number of benzene rings is 1. The van der Waals surface area contributed by atoms with E-state index in [2.05, 4.69) is 39.0 Å². The largest absolute Gasteiger partial charge is 0.494 e. The summed E-state index contributed by atoms with van der Waals surface area (Å²) in [6, 6.07) is 8.06. The molecule has 3 heterocycles. The summed E-state index contributed by atoms with van der Waals surface area (Å²) in [7, 11) is 3.51. The summed E-state index contributed by atoms with van der Waals surface area (Å²) in [5.41, 5.74) is 4.98. The van der Waals surface area contributed by atoms with Crippen LogP contribution in [-0.4, -0.2) is 40.5 Å². The number of nitrogens with one attached hydrogen (secondary N) is 3. The summed E-state index contributed by atoms with van der Waals surface area (Å²) < 4.78 is 7.47. The first kappa shape index (κ1) is 18.2. The predicted octanol–water partition coefficient (Wildman–Crippen LogP) is 2.97. The van der Waals surface area contributed by atoms with Crippen LogP contribution in [0.1, 0.15) is 29.9 Å². The quantitative estimate of drug-likeness (QED) is 0.628. The molecule has 3 N–H and O–H groups in total. The molecule has 0 fully saturated rings. The number of ether oxygens (including phenoxy) is 1. The smallest absolute Gasteiger partial charge is 0.229 e. The van der Waals surface area contributed by atoms with E-state index in [-0.39, 0.29) is 0 Å². The summed E-state index contributed by atoms with van der Waals surface area (Å²) in [5.74, 6) is 2.06. The molecule has 0 radical (unpaired) electrons. The van der Waals surface area contributed by atoms with Gasteiger partial charge in [-0.2, -0.15) is 10.1 Å².